The molecule has 0 saturated heterocycles. The molecule has 0 amide bonds. The molecule has 2 aromatic carbocycles. The second-order valence-corrected chi connectivity index (χ2v) is 9.36. The monoisotopic (exact) mass is 470 g/mol. The molecule has 0 fully saturated rings. The first-order chi connectivity index (χ1) is 15.5. The summed E-state index contributed by atoms with van der Waals surface area (Å²) < 4.78 is 35.4. The van der Waals surface area contributed by atoms with Crippen molar-refractivity contribution in [2.24, 2.45) is 5.14 Å². The Bertz CT molecular complexity index is 1310. The van der Waals surface area contributed by atoms with Gasteiger partial charge in [-0.05, 0) is 75.2 Å². The molecule has 174 valence electrons. The van der Waals surface area contributed by atoms with Gasteiger partial charge in [-0.15, -0.1) is 0 Å². The minimum atomic E-state index is -3.80. The Labute approximate surface area is 193 Å². The highest BCUT2D eigenvalue weighted by molar-refractivity contribution is 7.89. The number of carbonyl (C=O) groups is 2. The van der Waals surface area contributed by atoms with Gasteiger partial charge in [0.05, 0.1) is 4.90 Å². The van der Waals surface area contributed by atoms with E-state index < -0.39 is 22.6 Å². The predicted molar refractivity (Wildman–Crippen MR) is 123 cm³/mol. The van der Waals surface area contributed by atoms with Gasteiger partial charge in [-0.2, -0.15) is 0 Å². The van der Waals surface area contributed by atoms with Crippen LogP contribution in [0.5, 0.6) is 5.75 Å². The standard InChI is InChI=1S/C24H26N2O6S/c1-15-5-6-16(2)23(11-15)31-14-24(28)32-13-22(27)21-12-17(3)26(18(21)4)19-7-9-20(10-8-19)33(25,29)30/h5-12H,13-14H2,1-4H3,(H2,25,29,30). The number of carbonyl (C=O) groups excluding carboxylic acids is 2. The van der Waals surface area contributed by atoms with E-state index in [9.17, 15) is 18.0 Å². The van der Waals surface area contributed by atoms with Crippen molar-refractivity contribution in [3.63, 3.8) is 0 Å². The zero-order valence-electron chi connectivity index (χ0n) is 18.9. The molecule has 0 unspecified atom stereocenters. The molecule has 9 heteroatoms. The van der Waals surface area contributed by atoms with Gasteiger partial charge < -0.3 is 14.0 Å². The maximum Gasteiger partial charge on any atom is 0.344 e. The van der Waals surface area contributed by atoms with Crippen LogP contribution in [0, 0.1) is 27.7 Å². The number of sulfonamides is 1. The van der Waals surface area contributed by atoms with Gasteiger partial charge in [-0.3, -0.25) is 4.79 Å². The summed E-state index contributed by atoms with van der Waals surface area (Å²) in [5.41, 5.74) is 4.40. The van der Waals surface area contributed by atoms with Crippen molar-refractivity contribution < 1.29 is 27.5 Å². The number of ketones is 1. The molecule has 0 aliphatic rings. The average molecular weight is 471 g/mol. The third kappa shape index (κ3) is 5.68. The van der Waals surface area contributed by atoms with Gasteiger partial charge in [0.15, 0.2) is 13.2 Å². The summed E-state index contributed by atoms with van der Waals surface area (Å²) in [6.07, 6.45) is 0. The first-order valence-corrected chi connectivity index (χ1v) is 11.7. The normalized spacial score (nSPS) is 11.3. The van der Waals surface area contributed by atoms with Crippen LogP contribution in [0.4, 0.5) is 0 Å². The minimum absolute atomic E-state index is 0.000000434. The molecule has 0 bridgehead atoms. The Balaban J connectivity index is 1.66. The summed E-state index contributed by atoms with van der Waals surface area (Å²) in [7, 11) is -3.80. The number of rotatable bonds is 8. The molecule has 0 radical (unpaired) electrons. The van der Waals surface area contributed by atoms with Crippen LogP contribution >= 0.6 is 0 Å². The second-order valence-electron chi connectivity index (χ2n) is 7.80. The Kier molecular flexibility index (Phi) is 7.04. The van der Waals surface area contributed by atoms with Gasteiger partial charge in [0.25, 0.3) is 0 Å². The number of primary sulfonamides is 1. The summed E-state index contributed by atoms with van der Waals surface area (Å²) in [4.78, 5) is 24.8. The molecule has 2 N–H and O–H groups in total. The van der Waals surface area contributed by atoms with Crippen molar-refractivity contribution in [3.05, 3.63) is 76.6 Å². The van der Waals surface area contributed by atoms with E-state index in [2.05, 4.69) is 0 Å². The predicted octanol–water partition coefficient (Wildman–Crippen LogP) is 3.16. The lowest BCUT2D eigenvalue weighted by atomic mass is 10.1. The van der Waals surface area contributed by atoms with Crippen LogP contribution in [-0.4, -0.2) is 38.0 Å². The summed E-state index contributed by atoms with van der Waals surface area (Å²) in [5, 5.41) is 5.15. The van der Waals surface area contributed by atoms with Crippen LogP contribution in [-0.2, 0) is 19.6 Å². The zero-order chi connectivity index (χ0) is 24.3. The highest BCUT2D eigenvalue weighted by Gasteiger charge is 2.19. The maximum atomic E-state index is 12.7. The van der Waals surface area contributed by atoms with Crippen LogP contribution in [0.3, 0.4) is 0 Å². The number of Topliss-reactive ketones (excluding diaryl/α,β-unsaturated/α-hetero) is 1. The molecule has 0 aliphatic carbocycles. The van der Waals surface area contributed by atoms with Gasteiger partial charge in [0, 0.05) is 22.6 Å². The second kappa shape index (κ2) is 9.60. The molecule has 1 aromatic heterocycles. The van der Waals surface area contributed by atoms with Crippen LogP contribution < -0.4 is 9.88 Å². The van der Waals surface area contributed by atoms with E-state index in [1.165, 1.54) is 12.1 Å². The number of hydrogen-bond donors (Lipinski definition) is 1. The highest BCUT2D eigenvalue weighted by Crippen LogP contribution is 2.23. The number of aromatic nitrogens is 1. The zero-order valence-corrected chi connectivity index (χ0v) is 19.7. The van der Waals surface area contributed by atoms with Crippen molar-refractivity contribution in [2.45, 2.75) is 32.6 Å². The molecule has 8 nitrogen and oxygen atoms in total. The van der Waals surface area contributed by atoms with E-state index in [0.717, 1.165) is 16.8 Å². The first-order valence-electron chi connectivity index (χ1n) is 10.2. The Hall–Kier alpha value is -3.43. The largest absolute Gasteiger partial charge is 0.482 e. The molecule has 0 atom stereocenters. The van der Waals surface area contributed by atoms with Crippen LogP contribution in [0.1, 0.15) is 32.9 Å². The van der Waals surface area contributed by atoms with Crippen molar-refractivity contribution in [1.29, 1.82) is 0 Å². The molecule has 0 aliphatic heterocycles. The number of nitrogens with two attached hydrogens (primary N) is 1. The smallest absolute Gasteiger partial charge is 0.344 e. The van der Waals surface area contributed by atoms with Gasteiger partial charge in [-0.1, -0.05) is 12.1 Å². The van der Waals surface area contributed by atoms with E-state index in [1.807, 2.05) is 43.5 Å². The fourth-order valence-corrected chi connectivity index (χ4v) is 4.01. The van der Waals surface area contributed by atoms with E-state index in [0.29, 0.717) is 22.7 Å². The van der Waals surface area contributed by atoms with Crippen molar-refractivity contribution in [3.8, 4) is 11.4 Å². The number of nitrogens with zero attached hydrogens (tertiary/aromatic N) is 1. The number of ether oxygens (including phenoxy) is 2. The summed E-state index contributed by atoms with van der Waals surface area (Å²) in [6, 6.07) is 13.4. The van der Waals surface area contributed by atoms with E-state index in [4.69, 9.17) is 14.6 Å². The molecular formula is C24H26N2O6S. The van der Waals surface area contributed by atoms with Crippen molar-refractivity contribution in [2.75, 3.05) is 13.2 Å². The lowest BCUT2D eigenvalue weighted by molar-refractivity contribution is -0.144. The Morgan fingerprint density at radius 2 is 1.61 bits per heavy atom. The van der Waals surface area contributed by atoms with Gasteiger partial charge in [0.1, 0.15) is 5.75 Å². The maximum absolute atomic E-state index is 12.7. The lowest BCUT2D eigenvalue weighted by Gasteiger charge is -2.11. The Morgan fingerprint density at radius 1 is 0.939 bits per heavy atom. The Morgan fingerprint density at radius 3 is 2.24 bits per heavy atom. The quantitative estimate of drug-likeness (QED) is 0.399. The van der Waals surface area contributed by atoms with Crippen LogP contribution in [0.25, 0.3) is 5.69 Å². The number of esters is 1. The van der Waals surface area contributed by atoms with Crippen LogP contribution in [0.15, 0.2) is 53.4 Å². The first kappa shape index (κ1) is 24.2. The summed E-state index contributed by atoms with van der Waals surface area (Å²) in [6.45, 7) is 6.67. The SMILES string of the molecule is Cc1ccc(C)c(OCC(=O)OCC(=O)c2cc(C)n(-c3ccc(S(N)(=O)=O)cc3)c2C)c1. The molecule has 33 heavy (non-hydrogen) atoms. The fraction of sp³-hybridized carbons (Fsp3) is 0.250. The molecule has 0 spiro atoms. The fourth-order valence-electron chi connectivity index (χ4n) is 3.49. The number of benzene rings is 2. The molecular weight excluding hydrogens is 444 g/mol. The minimum Gasteiger partial charge on any atom is -0.482 e. The van der Waals surface area contributed by atoms with Crippen molar-refractivity contribution in [1.82, 2.24) is 4.57 Å². The average Bonchev–Trinajstić information content (AvgIpc) is 3.06. The summed E-state index contributed by atoms with van der Waals surface area (Å²) >= 11 is 0. The van der Waals surface area contributed by atoms with Gasteiger partial charge >= 0.3 is 5.97 Å². The molecule has 3 aromatic rings. The summed E-state index contributed by atoms with van der Waals surface area (Å²) in [5.74, 6) is -0.400. The highest BCUT2D eigenvalue weighted by atomic mass is 32.2. The number of aryl methyl sites for hydroxylation is 3. The van der Waals surface area contributed by atoms with Crippen LogP contribution in [0.2, 0.25) is 0 Å². The number of hydrogen-bond acceptors (Lipinski definition) is 6. The van der Waals surface area contributed by atoms with E-state index in [-0.39, 0.29) is 17.3 Å². The molecule has 1 heterocycles. The third-order valence-electron chi connectivity index (χ3n) is 5.21. The lowest BCUT2D eigenvalue weighted by Crippen LogP contribution is -2.20. The van der Waals surface area contributed by atoms with E-state index >= 15 is 0 Å². The molecule has 0 saturated carbocycles. The van der Waals surface area contributed by atoms with Gasteiger partial charge in [-0.25, -0.2) is 18.4 Å². The topological polar surface area (TPSA) is 118 Å². The molecule has 3 rings (SSSR count). The van der Waals surface area contributed by atoms with E-state index in [1.54, 1.807) is 25.1 Å². The van der Waals surface area contributed by atoms with Gasteiger partial charge in [0.2, 0.25) is 15.8 Å². The van der Waals surface area contributed by atoms with Crippen molar-refractivity contribution >= 4 is 21.8 Å². The third-order valence-corrected chi connectivity index (χ3v) is 6.14.